The van der Waals surface area contributed by atoms with Gasteiger partial charge in [0.05, 0.1) is 0 Å². The maximum Gasteiger partial charge on any atom is 0.408 e. The van der Waals surface area contributed by atoms with E-state index in [0.29, 0.717) is 5.75 Å². The molecular weight excluding hydrogens is 368 g/mol. The lowest BCUT2D eigenvalue weighted by atomic mass is 10.0. The Kier molecular flexibility index (Phi) is 5.85. The molecule has 1 aromatic rings. The van der Waals surface area contributed by atoms with Crippen LogP contribution < -0.4 is 5.32 Å². The third-order valence-corrected chi connectivity index (χ3v) is 5.59. The average molecular weight is 388 g/mol. The minimum absolute atomic E-state index is 0.0599. The maximum atomic E-state index is 12.6. The van der Waals surface area contributed by atoms with Crippen molar-refractivity contribution >= 4 is 29.7 Å². The number of hydrogen-bond donors (Lipinski definition) is 1. The molecule has 8 heteroatoms. The molecule has 1 saturated heterocycles. The van der Waals surface area contributed by atoms with E-state index in [1.165, 1.54) is 22.7 Å². The minimum Gasteiger partial charge on any atom is -0.456 e. The van der Waals surface area contributed by atoms with Gasteiger partial charge in [0.15, 0.2) is 0 Å². The van der Waals surface area contributed by atoms with E-state index >= 15 is 0 Å². The Labute approximate surface area is 161 Å². The molecule has 27 heavy (non-hydrogen) atoms. The van der Waals surface area contributed by atoms with E-state index in [9.17, 15) is 14.4 Å². The summed E-state index contributed by atoms with van der Waals surface area (Å²) in [6.07, 6.45) is 0.754. The number of alkyl carbamates (subject to hydrolysis) is 1. The van der Waals surface area contributed by atoms with E-state index in [-0.39, 0.29) is 30.2 Å². The van der Waals surface area contributed by atoms with Crippen molar-refractivity contribution < 1.29 is 23.9 Å². The van der Waals surface area contributed by atoms with Gasteiger partial charge in [0.1, 0.15) is 30.3 Å². The first-order valence-corrected chi connectivity index (χ1v) is 9.47. The van der Waals surface area contributed by atoms with E-state index in [1.807, 2.05) is 30.3 Å². The SMILES string of the molecule is C=CCOC(=O)N[C@@H]1C(=O)N2C(C(=O)OCc3ccccc3)=C(C)CS[C@@H]12. The highest BCUT2D eigenvalue weighted by molar-refractivity contribution is 8.00. The summed E-state index contributed by atoms with van der Waals surface area (Å²) in [5, 5.41) is 2.19. The van der Waals surface area contributed by atoms with Gasteiger partial charge in [0, 0.05) is 5.75 Å². The van der Waals surface area contributed by atoms with Crippen LogP contribution in [-0.2, 0) is 25.7 Å². The Bertz CT molecular complexity index is 793. The van der Waals surface area contributed by atoms with E-state index in [2.05, 4.69) is 11.9 Å². The molecule has 0 aromatic heterocycles. The Morgan fingerprint density at radius 3 is 2.78 bits per heavy atom. The topological polar surface area (TPSA) is 84.9 Å². The summed E-state index contributed by atoms with van der Waals surface area (Å²) < 4.78 is 10.2. The van der Waals surface area contributed by atoms with Crippen LogP contribution >= 0.6 is 11.8 Å². The summed E-state index contributed by atoms with van der Waals surface area (Å²) in [6, 6.07) is 8.60. The van der Waals surface area contributed by atoms with Gasteiger partial charge >= 0.3 is 12.1 Å². The molecule has 0 saturated carbocycles. The van der Waals surface area contributed by atoms with Gasteiger partial charge in [-0.3, -0.25) is 9.69 Å². The molecule has 2 amide bonds. The largest absolute Gasteiger partial charge is 0.456 e. The van der Waals surface area contributed by atoms with Crippen molar-refractivity contribution in [2.24, 2.45) is 0 Å². The van der Waals surface area contributed by atoms with Crippen LogP contribution in [0.25, 0.3) is 0 Å². The lowest BCUT2D eigenvalue weighted by Crippen LogP contribution is -2.70. The standard InChI is InChI=1S/C19H20N2O5S/c1-3-9-25-19(24)20-14-16(22)21-15(12(2)11-27-17(14)21)18(23)26-10-13-7-5-4-6-8-13/h3-8,14,17H,1,9-11H2,2H3,(H,20,24)/t14-,17+/m1/s1. The number of benzene rings is 1. The van der Waals surface area contributed by atoms with Crippen molar-refractivity contribution in [3.63, 3.8) is 0 Å². The molecule has 2 atom stereocenters. The van der Waals surface area contributed by atoms with E-state index in [1.54, 1.807) is 6.92 Å². The number of carbonyl (C=O) groups is 3. The number of hydrogen-bond acceptors (Lipinski definition) is 6. The third-order valence-electron chi connectivity index (χ3n) is 4.17. The summed E-state index contributed by atoms with van der Waals surface area (Å²) in [7, 11) is 0. The van der Waals surface area contributed by atoms with Crippen molar-refractivity contribution in [1.82, 2.24) is 10.2 Å². The fourth-order valence-electron chi connectivity index (χ4n) is 2.86. The molecule has 0 aliphatic carbocycles. The van der Waals surface area contributed by atoms with E-state index < -0.39 is 18.1 Å². The molecule has 0 spiro atoms. The quantitative estimate of drug-likeness (QED) is 0.457. The fraction of sp³-hybridized carbons (Fsp3) is 0.316. The van der Waals surface area contributed by atoms with Crippen molar-refractivity contribution in [3.05, 3.63) is 59.8 Å². The first-order chi connectivity index (χ1) is 13.0. The van der Waals surface area contributed by atoms with E-state index in [4.69, 9.17) is 9.47 Å². The van der Waals surface area contributed by atoms with Crippen LogP contribution in [0.3, 0.4) is 0 Å². The molecule has 2 heterocycles. The van der Waals surface area contributed by atoms with Crippen LogP contribution in [0.2, 0.25) is 0 Å². The Hall–Kier alpha value is -2.74. The summed E-state index contributed by atoms with van der Waals surface area (Å²) in [6.45, 7) is 5.45. The highest BCUT2D eigenvalue weighted by atomic mass is 32.2. The molecule has 2 aliphatic heterocycles. The number of rotatable bonds is 6. The Morgan fingerprint density at radius 1 is 1.33 bits per heavy atom. The number of fused-ring (bicyclic) bond motifs is 1. The zero-order valence-electron chi connectivity index (χ0n) is 14.8. The van der Waals surface area contributed by atoms with Crippen LogP contribution in [0, 0.1) is 0 Å². The maximum absolute atomic E-state index is 12.6. The first kappa shape index (κ1) is 19.0. The van der Waals surface area contributed by atoms with Crippen LogP contribution in [-0.4, -0.2) is 46.6 Å². The summed E-state index contributed by atoms with van der Waals surface area (Å²) in [4.78, 5) is 38.2. The van der Waals surface area contributed by atoms with Gasteiger partial charge in [-0.05, 0) is 18.1 Å². The zero-order chi connectivity index (χ0) is 19.4. The summed E-state index contributed by atoms with van der Waals surface area (Å²) in [5.74, 6) is -0.319. The first-order valence-electron chi connectivity index (χ1n) is 8.42. The smallest absolute Gasteiger partial charge is 0.408 e. The number of nitrogens with zero attached hydrogens (tertiary/aromatic N) is 1. The van der Waals surface area contributed by atoms with Crippen LogP contribution in [0.1, 0.15) is 12.5 Å². The molecule has 0 radical (unpaired) electrons. The van der Waals surface area contributed by atoms with Crippen molar-refractivity contribution in [2.75, 3.05) is 12.4 Å². The van der Waals surface area contributed by atoms with Gasteiger partial charge in [-0.1, -0.05) is 43.0 Å². The lowest BCUT2D eigenvalue weighted by molar-refractivity contribution is -0.152. The number of carbonyl (C=O) groups excluding carboxylic acids is 3. The molecule has 1 fully saturated rings. The van der Waals surface area contributed by atoms with Gasteiger partial charge in [0.2, 0.25) is 0 Å². The number of amides is 2. The minimum atomic E-state index is -0.725. The molecule has 1 N–H and O–H groups in total. The van der Waals surface area contributed by atoms with Crippen molar-refractivity contribution in [3.8, 4) is 0 Å². The third kappa shape index (κ3) is 4.00. The highest BCUT2D eigenvalue weighted by Crippen LogP contribution is 2.40. The van der Waals surface area contributed by atoms with Crippen molar-refractivity contribution in [2.45, 2.75) is 24.9 Å². The zero-order valence-corrected chi connectivity index (χ0v) is 15.7. The molecule has 7 nitrogen and oxygen atoms in total. The van der Waals surface area contributed by atoms with Crippen LogP contribution in [0.4, 0.5) is 4.79 Å². The molecule has 3 rings (SSSR count). The van der Waals surface area contributed by atoms with Gasteiger partial charge in [-0.2, -0.15) is 0 Å². The summed E-state index contributed by atoms with van der Waals surface area (Å²) in [5.41, 5.74) is 1.90. The normalized spacial score (nSPS) is 21.1. The molecule has 1 aromatic carbocycles. The Morgan fingerprint density at radius 2 is 2.07 bits per heavy atom. The molecule has 0 bridgehead atoms. The highest BCUT2D eigenvalue weighted by Gasteiger charge is 2.54. The number of ether oxygens (including phenoxy) is 2. The fourth-order valence-corrected chi connectivity index (χ4v) is 4.15. The predicted molar refractivity (Wildman–Crippen MR) is 100 cm³/mol. The predicted octanol–water partition coefficient (Wildman–Crippen LogP) is 2.20. The van der Waals surface area contributed by atoms with E-state index in [0.717, 1.165) is 11.1 Å². The number of nitrogens with one attached hydrogen (secondary N) is 1. The van der Waals surface area contributed by atoms with Gasteiger partial charge < -0.3 is 14.8 Å². The molecule has 2 aliphatic rings. The Balaban J connectivity index is 1.64. The lowest BCUT2D eigenvalue weighted by Gasteiger charge is -2.49. The number of esters is 1. The number of thioether (sulfide) groups is 1. The summed E-state index contributed by atoms with van der Waals surface area (Å²) >= 11 is 1.48. The average Bonchev–Trinajstić information content (AvgIpc) is 2.69. The van der Waals surface area contributed by atoms with Gasteiger partial charge in [-0.15, -0.1) is 11.8 Å². The molecule has 0 unspecified atom stereocenters. The monoisotopic (exact) mass is 388 g/mol. The van der Waals surface area contributed by atoms with Crippen LogP contribution in [0.15, 0.2) is 54.3 Å². The van der Waals surface area contributed by atoms with Gasteiger partial charge in [0.25, 0.3) is 5.91 Å². The molecule has 142 valence electrons. The van der Waals surface area contributed by atoms with Gasteiger partial charge in [-0.25, -0.2) is 9.59 Å². The second kappa shape index (κ2) is 8.30. The second-order valence-electron chi connectivity index (χ2n) is 6.11. The number of β-lactam (4-membered cyclic amide) rings is 1. The molecular formula is C19H20N2O5S. The second-order valence-corrected chi connectivity index (χ2v) is 7.21. The van der Waals surface area contributed by atoms with Crippen LogP contribution in [0.5, 0.6) is 0 Å². The van der Waals surface area contributed by atoms with Crippen molar-refractivity contribution in [1.29, 1.82) is 0 Å².